The van der Waals surface area contributed by atoms with Crippen LogP contribution in [0.1, 0.15) is 89.3 Å². The molecule has 0 fully saturated rings. The third-order valence-electron chi connectivity index (χ3n) is 21.0. The van der Waals surface area contributed by atoms with Crippen molar-refractivity contribution in [2.24, 2.45) is 0 Å². The lowest BCUT2D eigenvalue weighted by Crippen LogP contribution is -2.49. The highest BCUT2D eigenvalue weighted by Gasteiger charge is 2.51. The molecule has 506 valence electrons. The van der Waals surface area contributed by atoms with Crippen LogP contribution in [0.2, 0.25) is 13.1 Å². The van der Waals surface area contributed by atoms with Gasteiger partial charge < -0.3 is 8.98 Å². The maximum Gasteiger partial charge on any atom is 0.135 e. The Morgan fingerprint density at radius 3 is 1.10 bits per heavy atom. The molecular weight excluding hydrogens is 1280 g/mol. The molecule has 13 aromatic carbocycles. The van der Waals surface area contributed by atoms with Crippen molar-refractivity contribution in [3.8, 4) is 39.1 Å². The molecule has 5 heterocycles. The van der Waals surface area contributed by atoms with Crippen LogP contribution in [0, 0.1) is 83.1 Å². The van der Waals surface area contributed by atoms with Crippen LogP contribution in [0.3, 0.4) is 0 Å². The zero-order chi connectivity index (χ0) is 71.6. The van der Waals surface area contributed by atoms with E-state index >= 15 is 0 Å². The first kappa shape index (κ1) is 67.8. The maximum atomic E-state index is 5.81. The Kier molecular flexibility index (Phi) is 18.0. The minimum absolute atomic E-state index is 0.199. The molecule has 2 aliphatic carbocycles. The monoisotopic (exact) mass is 1370 g/mol. The van der Waals surface area contributed by atoms with Gasteiger partial charge in [-0.1, -0.05) is 247 Å². The first-order valence-corrected chi connectivity index (χ1v) is 39.8. The fourth-order valence-corrected chi connectivity index (χ4v) is 20.4. The van der Waals surface area contributed by atoms with Crippen molar-refractivity contribution in [3.05, 3.63) is 363 Å². The van der Waals surface area contributed by atoms with E-state index in [2.05, 4.69) is 358 Å². The van der Waals surface area contributed by atoms with E-state index < -0.39 is 8.07 Å². The van der Waals surface area contributed by atoms with E-state index in [4.69, 9.17) is 4.42 Å². The van der Waals surface area contributed by atoms with E-state index in [1.54, 1.807) is 10.4 Å². The van der Waals surface area contributed by atoms with Crippen LogP contribution in [0.25, 0.3) is 103 Å². The SMILES string of the molecule is Cc1ccc2c(c1)C1(c3ccccc3-c3ccccc31)c1cc(C)ccc1-2.Cc1ccc2c(c1)[Si](C)(C)c1cc(C)ccc1-2.Cc1ccc2c(c1)c1cc(C)ccc1n2-c1ccccc1.Cc1ccc2c(c1)oc1cc(C)ccc12.Cc1ccc2c(c1)sc1cc(C)ccc12.Cc1cnc(C)nc1. The normalized spacial score (nSPS) is 12.7. The van der Waals surface area contributed by atoms with Gasteiger partial charge in [0.1, 0.15) is 25.1 Å². The first-order chi connectivity index (χ1) is 49.7. The van der Waals surface area contributed by atoms with Crippen molar-refractivity contribution >= 4 is 93.7 Å². The summed E-state index contributed by atoms with van der Waals surface area (Å²) in [6.45, 7) is 30.3. The zero-order valence-electron chi connectivity index (χ0n) is 61.6. The predicted octanol–water partition coefficient (Wildman–Crippen LogP) is 25.1. The fourth-order valence-electron chi connectivity index (χ4n) is 15.9. The molecular formula is C97H87N3OSSi. The number of thiophene rings is 1. The number of para-hydroxylation sites is 1. The molecule has 1 spiro atoms. The Balaban J connectivity index is 0.000000103. The smallest absolute Gasteiger partial charge is 0.135 e. The Bertz CT molecular complexity index is 5660. The zero-order valence-corrected chi connectivity index (χ0v) is 63.5. The third kappa shape index (κ3) is 12.6. The number of nitrogens with zero attached hydrogens (tertiary/aromatic N) is 3. The van der Waals surface area contributed by atoms with Crippen LogP contribution < -0.4 is 10.4 Å². The van der Waals surface area contributed by atoms with Gasteiger partial charge in [0, 0.05) is 59.8 Å². The van der Waals surface area contributed by atoms with Crippen molar-refractivity contribution < 1.29 is 4.42 Å². The van der Waals surface area contributed by atoms with Crippen molar-refractivity contribution in [1.29, 1.82) is 0 Å². The highest BCUT2D eigenvalue weighted by Crippen LogP contribution is 2.63. The average molecular weight is 1370 g/mol. The van der Waals surface area contributed by atoms with Gasteiger partial charge in [-0.25, -0.2) is 9.97 Å². The van der Waals surface area contributed by atoms with Crippen molar-refractivity contribution in [2.45, 2.75) is 102 Å². The summed E-state index contributed by atoms with van der Waals surface area (Å²) in [5, 5.41) is 11.1. The van der Waals surface area contributed by atoms with E-state index in [1.165, 1.54) is 170 Å². The van der Waals surface area contributed by atoms with E-state index in [0.717, 1.165) is 22.6 Å². The Morgan fingerprint density at radius 2 is 0.650 bits per heavy atom. The lowest BCUT2D eigenvalue weighted by atomic mass is 9.70. The van der Waals surface area contributed by atoms with Gasteiger partial charge in [-0.05, 0) is 238 Å². The van der Waals surface area contributed by atoms with E-state index in [1.807, 2.05) is 37.6 Å². The number of hydrogen-bond acceptors (Lipinski definition) is 4. The largest absolute Gasteiger partial charge is 0.456 e. The summed E-state index contributed by atoms with van der Waals surface area (Å²) in [5.41, 5.74) is 33.9. The topological polar surface area (TPSA) is 43.9 Å². The van der Waals surface area contributed by atoms with Crippen molar-refractivity contribution in [2.75, 3.05) is 0 Å². The van der Waals surface area contributed by atoms with Crippen LogP contribution in [0.5, 0.6) is 0 Å². The molecule has 4 aromatic heterocycles. The summed E-state index contributed by atoms with van der Waals surface area (Å²) >= 11 is 1.89. The lowest BCUT2D eigenvalue weighted by molar-refractivity contribution is 0.668. The van der Waals surface area contributed by atoms with Gasteiger partial charge in [-0.2, -0.15) is 0 Å². The second-order valence-electron chi connectivity index (χ2n) is 29.4. The number of fused-ring (bicyclic) bond motifs is 22. The number of aryl methyl sites for hydroxylation is 12. The minimum Gasteiger partial charge on any atom is -0.456 e. The minimum atomic E-state index is -1.44. The number of hydrogen-bond donors (Lipinski definition) is 0. The molecule has 3 aliphatic rings. The molecule has 0 amide bonds. The standard InChI is InChI=1S/C27H20.C20H17N.C16H18Si.C14H12O.C14H12S.C6H8N2/c1-17-11-13-21-22-14-12-18(2)16-26(22)27(25(21)15-17)23-9-5-3-7-19(23)20-8-4-6-10-24(20)27;1-14-8-10-19-17(12-14)18-13-15(2)9-11-20(18)21(19)16-6-4-3-5-7-16;1-11-5-7-13-14-8-6-12(2)10-16(14)17(3,4)15(13)9-11;2*1-9-3-5-11-12-6-4-10(2)8-14(12)15-13(11)7-9;1-5-3-7-6(2)8-4-5/h3-16H,1-2H3;3-13H,1-2H3;5-10H,1-4H3;2*3-8H,1-2H3;3-4H,1-2H3. The number of aromatic nitrogens is 3. The van der Waals surface area contributed by atoms with E-state index in [9.17, 15) is 0 Å². The first-order valence-electron chi connectivity index (χ1n) is 36.0. The molecule has 0 N–H and O–H groups in total. The Morgan fingerprint density at radius 1 is 0.301 bits per heavy atom. The Labute approximate surface area is 611 Å². The molecule has 4 nitrogen and oxygen atoms in total. The average Bonchev–Trinajstić information content (AvgIpc) is 1.51. The third-order valence-corrected chi connectivity index (χ3v) is 25.6. The summed E-state index contributed by atoms with van der Waals surface area (Å²) in [7, 11) is -1.44. The summed E-state index contributed by atoms with van der Waals surface area (Å²) in [6, 6.07) is 95.8. The highest BCUT2D eigenvalue weighted by atomic mass is 32.1. The molecule has 6 heteroatoms. The van der Waals surface area contributed by atoms with E-state index in [-0.39, 0.29) is 5.41 Å². The predicted molar refractivity (Wildman–Crippen MR) is 444 cm³/mol. The molecule has 20 rings (SSSR count). The van der Waals surface area contributed by atoms with Gasteiger partial charge in [0.25, 0.3) is 0 Å². The molecule has 0 saturated carbocycles. The van der Waals surface area contributed by atoms with Crippen molar-refractivity contribution in [1.82, 2.24) is 14.5 Å². The second kappa shape index (κ2) is 27.4. The van der Waals surface area contributed by atoms with Crippen LogP contribution >= 0.6 is 11.3 Å². The van der Waals surface area contributed by atoms with Gasteiger partial charge in [-0.3, -0.25) is 0 Å². The van der Waals surface area contributed by atoms with Gasteiger partial charge in [-0.15, -0.1) is 11.3 Å². The van der Waals surface area contributed by atoms with Gasteiger partial charge in [0.15, 0.2) is 0 Å². The molecule has 103 heavy (non-hydrogen) atoms. The van der Waals surface area contributed by atoms with Crippen molar-refractivity contribution in [3.63, 3.8) is 0 Å². The highest BCUT2D eigenvalue weighted by molar-refractivity contribution is 7.25. The summed E-state index contributed by atoms with van der Waals surface area (Å²) in [5.74, 6) is 0.829. The van der Waals surface area contributed by atoms with E-state index in [0.29, 0.717) is 0 Å². The number of rotatable bonds is 1. The summed E-state index contributed by atoms with van der Waals surface area (Å²) in [4.78, 5) is 7.94. The summed E-state index contributed by atoms with van der Waals surface area (Å²) in [6.07, 6.45) is 3.62. The molecule has 17 aromatic rings. The molecule has 0 unspecified atom stereocenters. The molecule has 0 saturated heterocycles. The van der Waals surface area contributed by atoms with Crippen LogP contribution in [0.4, 0.5) is 0 Å². The van der Waals surface area contributed by atoms with Crippen LogP contribution in [-0.2, 0) is 5.41 Å². The van der Waals surface area contributed by atoms with Crippen LogP contribution in [-0.4, -0.2) is 22.6 Å². The van der Waals surface area contributed by atoms with Crippen LogP contribution in [0.15, 0.2) is 278 Å². The summed E-state index contributed by atoms with van der Waals surface area (Å²) < 4.78 is 11.0. The second-order valence-corrected chi connectivity index (χ2v) is 34.8. The van der Waals surface area contributed by atoms with Gasteiger partial charge in [0.2, 0.25) is 0 Å². The molecule has 1 aliphatic heterocycles. The molecule has 0 radical (unpaired) electrons. The maximum absolute atomic E-state index is 5.81. The lowest BCUT2D eigenvalue weighted by Gasteiger charge is -2.30. The quantitative estimate of drug-likeness (QED) is 0.154. The molecule has 0 atom stereocenters. The van der Waals surface area contributed by atoms with Gasteiger partial charge >= 0.3 is 0 Å². The fraction of sp³-hybridized carbons (Fsp3) is 0.155. The molecule has 0 bridgehead atoms. The van der Waals surface area contributed by atoms with Gasteiger partial charge in [0.05, 0.1) is 16.4 Å². The number of benzene rings is 13. The Hall–Kier alpha value is -11.0. The number of furan rings is 1.